The molecule has 0 aliphatic carbocycles. The van der Waals surface area contributed by atoms with Crippen LogP contribution in [0.4, 0.5) is 18.9 Å². The third kappa shape index (κ3) is 5.46. The minimum absolute atomic E-state index is 0.0888. The van der Waals surface area contributed by atoms with E-state index in [0.29, 0.717) is 5.75 Å². The first-order chi connectivity index (χ1) is 13.3. The fraction of sp³-hybridized carbons (Fsp3) is 0.158. The molecule has 0 unspecified atom stereocenters. The van der Waals surface area contributed by atoms with E-state index in [1.807, 2.05) is 12.3 Å². The number of aryl methyl sites for hydroxylation is 1. The molecule has 0 aliphatic rings. The number of hydrogen-bond donors (Lipinski definition) is 1. The number of rotatable bonds is 6. The lowest BCUT2D eigenvalue weighted by Crippen LogP contribution is -2.19. The number of carbonyl (C=O) groups is 1. The fourth-order valence-corrected chi connectivity index (χ4v) is 2.93. The number of anilines is 1. The Hall–Kier alpha value is -3.07. The van der Waals surface area contributed by atoms with Crippen molar-refractivity contribution in [1.29, 1.82) is 0 Å². The Morgan fingerprint density at radius 3 is 2.68 bits per heavy atom. The first-order valence-electron chi connectivity index (χ1n) is 8.10. The highest BCUT2D eigenvalue weighted by Crippen LogP contribution is 2.30. The summed E-state index contributed by atoms with van der Waals surface area (Å²) in [5.41, 5.74) is 0.915. The maximum atomic E-state index is 12.5. The van der Waals surface area contributed by atoms with E-state index in [9.17, 15) is 18.0 Å². The maximum absolute atomic E-state index is 12.5. The van der Waals surface area contributed by atoms with E-state index in [2.05, 4.69) is 15.0 Å². The first kappa shape index (κ1) is 19.7. The smallest absolute Gasteiger partial charge is 0.487 e. The van der Waals surface area contributed by atoms with Crippen molar-refractivity contribution in [2.45, 2.75) is 19.9 Å². The van der Waals surface area contributed by atoms with Crippen molar-refractivity contribution in [2.75, 3.05) is 5.32 Å². The van der Waals surface area contributed by atoms with Gasteiger partial charge in [0.1, 0.15) is 12.4 Å². The van der Waals surface area contributed by atoms with Crippen molar-refractivity contribution in [1.82, 2.24) is 4.98 Å². The van der Waals surface area contributed by atoms with Gasteiger partial charge in [-0.05, 0) is 37.3 Å². The minimum Gasteiger partial charge on any atom is -0.487 e. The number of aromatic nitrogens is 1. The van der Waals surface area contributed by atoms with Gasteiger partial charge in [-0.3, -0.25) is 4.79 Å². The predicted octanol–water partition coefficient (Wildman–Crippen LogP) is 5.18. The topological polar surface area (TPSA) is 60.5 Å². The Balaban J connectivity index is 1.70. The standard InChI is InChI=1S/C19H15F3N2O3S/c1-12-23-14(11-28-12)10-26-15-6-4-5-13(9-15)18(25)24-16-7-2-3-8-17(16)27-19(20,21)22/h2-9,11H,10H2,1H3,(H,24,25). The number of para-hydroxylation sites is 2. The zero-order valence-corrected chi connectivity index (χ0v) is 15.4. The summed E-state index contributed by atoms with van der Waals surface area (Å²) in [5, 5.41) is 5.22. The summed E-state index contributed by atoms with van der Waals surface area (Å²) in [6.07, 6.45) is -4.86. The molecule has 1 aromatic heterocycles. The van der Waals surface area contributed by atoms with Crippen LogP contribution >= 0.6 is 11.3 Å². The van der Waals surface area contributed by atoms with Gasteiger partial charge in [0, 0.05) is 10.9 Å². The molecule has 0 saturated carbocycles. The molecule has 0 radical (unpaired) electrons. The summed E-state index contributed by atoms with van der Waals surface area (Å²) in [6.45, 7) is 2.14. The van der Waals surface area contributed by atoms with E-state index >= 15 is 0 Å². The van der Waals surface area contributed by atoms with Crippen LogP contribution in [0.3, 0.4) is 0 Å². The quantitative estimate of drug-likeness (QED) is 0.610. The number of benzene rings is 2. The second-order valence-electron chi connectivity index (χ2n) is 5.67. The molecule has 0 bridgehead atoms. The molecule has 146 valence electrons. The normalized spacial score (nSPS) is 11.1. The van der Waals surface area contributed by atoms with Crippen molar-refractivity contribution in [3.63, 3.8) is 0 Å². The first-order valence-corrected chi connectivity index (χ1v) is 8.98. The van der Waals surface area contributed by atoms with E-state index in [0.717, 1.165) is 16.8 Å². The van der Waals surface area contributed by atoms with Gasteiger partial charge >= 0.3 is 6.36 Å². The van der Waals surface area contributed by atoms with Crippen LogP contribution in [0.25, 0.3) is 0 Å². The summed E-state index contributed by atoms with van der Waals surface area (Å²) in [5.74, 6) is -0.638. The number of nitrogens with zero attached hydrogens (tertiary/aromatic N) is 1. The predicted molar refractivity (Wildman–Crippen MR) is 98.7 cm³/mol. The largest absolute Gasteiger partial charge is 0.573 e. The zero-order valence-electron chi connectivity index (χ0n) is 14.6. The second kappa shape index (κ2) is 8.30. The van der Waals surface area contributed by atoms with Gasteiger partial charge < -0.3 is 14.8 Å². The van der Waals surface area contributed by atoms with Gasteiger partial charge in [-0.25, -0.2) is 4.98 Å². The highest BCUT2D eigenvalue weighted by molar-refractivity contribution is 7.09. The van der Waals surface area contributed by atoms with E-state index in [1.165, 1.54) is 41.7 Å². The molecule has 3 aromatic rings. The van der Waals surface area contributed by atoms with Crippen molar-refractivity contribution in [3.05, 3.63) is 70.2 Å². The summed E-state index contributed by atoms with van der Waals surface area (Å²) >= 11 is 1.51. The Bertz CT molecular complexity index is 973. The van der Waals surface area contributed by atoms with Crippen LogP contribution in [0.2, 0.25) is 0 Å². The summed E-state index contributed by atoms with van der Waals surface area (Å²) < 4.78 is 47.1. The monoisotopic (exact) mass is 408 g/mol. The molecule has 1 amide bonds. The third-order valence-electron chi connectivity index (χ3n) is 3.51. The van der Waals surface area contributed by atoms with E-state index in [4.69, 9.17) is 4.74 Å². The Morgan fingerprint density at radius 2 is 1.96 bits per heavy atom. The molecule has 0 saturated heterocycles. The molecule has 28 heavy (non-hydrogen) atoms. The van der Waals surface area contributed by atoms with Crippen molar-refractivity contribution < 1.29 is 27.4 Å². The Kier molecular flexibility index (Phi) is 5.84. The number of thiazole rings is 1. The van der Waals surface area contributed by atoms with E-state index < -0.39 is 18.0 Å². The highest BCUT2D eigenvalue weighted by Gasteiger charge is 2.32. The minimum atomic E-state index is -4.86. The zero-order chi connectivity index (χ0) is 20.1. The van der Waals surface area contributed by atoms with Gasteiger partial charge in [-0.2, -0.15) is 0 Å². The van der Waals surface area contributed by atoms with E-state index in [-0.39, 0.29) is 17.9 Å². The number of hydrogen-bond acceptors (Lipinski definition) is 5. The summed E-state index contributed by atoms with van der Waals surface area (Å²) in [7, 11) is 0. The third-order valence-corrected chi connectivity index (χ3v) is 4.33. The SMILES string of the molecule is Cc1nc(COc2cccc(C(=O)Nc3ccccc3OC(F)(F)F)c2)cs1. The molecule has 5 nitrogen and oxygen atoms in total. The molecule has 0 atom stereocenters. The van der Waals surface area contributed by atoms with Crippen LogP contribution < -0.4 is 14.8 Å². The number of nitrogens with one attached hydrogen (secondary N) is 1. The average Bonchev–Trinajstić information content (AvgIpc) is 3.06. The number of amides is 1. The number of carbonyl (C=O) groups excluding carboxylic acids is 1. The van der Waals surface area contributed by atoms with Crippen molar-refractivity contribution >= 4 is 22.9 Å². The van der Waals surface area contributed by atoms with E-state index in [1.54, 1.807) is 12.1 Å². The number of ether oxygens (including phenoxy) is 2. The van der Waals surface area contributed by atoms with Crippen molar-refractivity contribution in [3.8, 4) is 11.5 Å². The van der Waals surface area contributed by atoms with Crippen LogP contribution in [0.15, 0.2) is 53.9 Å². The molecule has 1 N–H and O–H groups in total. The molecule has 9 heteroatoms. The summed E-state index contributed by atoms with van der Waals surface area (Å²) in [6, 6.07) is 11.7. The van der Waals surface area contributed by atoms with Crippen LogP contribution in [0.5, 0.6) is 11.5 Å². The average molecular weight is 408 g/mol. The molecular weight excluding hydrogens is 393 g/mol. The van der Waals surface area contributed by atoms with Gasteiger partial charge in [0.15, 0.2) is 5.75 Å². The molecule has 0 spiro atoms. The molecular formula is C19H15F3N2O3S. The van der Waals surface area contributed by atoms with Crippen molar-refractivity contribution in [2.24, 2.45) is 0 Å². The molecule has 1 heterocycles. The van der Waals surface area contributed by atoms with Gasteiger partial charge in [-0.15, -0.1) is 24.5 Å². The highest BCUT2D eigenvalue weighted by atomic mass is 32.1. The second-order valence-corrected chi connectivity index (χ2v) is 6.73. The van der Waals surface area contributed by atoms with Crippen LogP contribution in [-0.4, -0.2) is 17.3 Å². The molecule has 0 aliphatic heterocycles. The van der Waals surface area contributed by atoms with Crippen LogP contribution in [0, 0.1) is 6.92 Å². The lowest BCUT2D eigenvalue weighted by Gasteiger charge is -2.14. The van der Waals surface area contributed by atoms with Crippen LogP contribution in [0.1, 0.15) is 21.1 Å². The lowest BCUT2D eigenvalue weighted by atomic mass is 10.2. The molecule has 0 fully saturated rings. The van der Waals surface area contributed by atoms with Gasteiger partial charge in [0.05, 0.1) is 16.4 Å². The Morgan fingerprint density at radius 1 is 1.18 bits per heavy atom. The van der Waals surface area contributed by atoms with Gasteiger partial charge in [0.25, 0.3) is 5.91 Å². The number of halogens is 3. The number of alkyl halides is 3. The van der Waals surface area contributed by atoms with Crippen LogP contribution in [-0.2, 0) is 6.61 Å². The molecule has 2 aromatic carbocycles. The van der Waals surface area contributed by atoms with Gasteiger partial charge in [0.2, 0.25) is 0 Å². The Labute approximate surface area is 162 Å². The maximum Gasteiger partial charge on any atom is 0.573 e. The summed E-state index contributed by atoms with van der Waals surface area (Å²) in [4.78, 5) is 16.7. The fourth-order valence-electron chi connectivity index (χ4n) is 2.34. The molecule has 3 rings (SSSR count). The van der Waals surface area contributed by atoms with Gasteiger partial charge in [-0.1, -0.05) is 18.2 Å². The lowest BCUT2D eigenvalue weighted by molar-refractivity contribution is -0.274.